The van der Waals surface area contributed by atoms with E-state index in [0.29, 0.717) is 6.04 Å². The standard InChI is InChI=1S/C22H37N5/c1-4-23-22(27-15-12-21(18-27)26-13-8-9-14-26)24-16-19(2)25(3)17-20-10-6-5-7-11-20/h5-7,10-11,19,21H,4,8-9,12-18H2,1-3H3,(H,23,24). The molecule has 2 aliphatic heterocycles. The third-order valence-electron chi connectivity index (χ3n) is 5.99. The van der Waals surface area contributed by atoms with Gasteiger partial charge in [-0.3, -0.25) is 14.8 Å². The molecule has 150 valence electrons. The lowest BCUT2D eigenvalue weighted by Gasteiger charge is -2.27. The second-order valence-corrected chi connectivity index (χ2v) is 8.08. The van der Waals surface area contributed by atoms with Gasteiger partial charge in [0.25, 0.3) is 0 Å². The number of nitrogens with zero attached hydrogens (tertiary/aromatic N) is 4. The van der Waals surface area contributed by atoms with E-state index in [4.69, 9.17) is 4.99 Å². The first-order chi connectivity index (χ1) is 13.2. The predicted molar refractivity (Wildman–Crippen MR) is 114 cm³/mol. The minimum Gasteiger partial charge on any atom is -0.357 e. The van der Waals surface area contributed by atoms with Gasteiger partial charge in [0.15, 0.2) is 5.96 Å². The molecular formula is C22H37N5. The van der Waals surface area contributed by atoms with Crippen LogP contribution in [0.1, 0.15) is 38.7 Å². The molecule has 0 spiro atoms. The van der Waals surface area contributed by atoms with Gasteiger partial charge in [0.1, 0.15) is 0 Å². The topological polar surface area (TPSA) is 34.1 Å². The van der Waals surface area contributed by atoms with Crippen LogP contribution in [0.2, 0.25) is 0 Å². The van der Waals surface area contributed by atoms with Crippen LogP contribution in [0.25, 0.3) is 0 Å². The molecule has 2 heterocycles. The lowest BCUT2D eigenvalue weighted by Crippen LogP contribution is -2.43. The second-order valence-electron chi connectivity index (χ2n) is 8.08. The number of hydrogen-bond donors (Lipinski definition) is 1. The van der Waals surface area contributed by atoms with Crippen molar-refractivity contribution >= 4 is 5.96 Å². The van der Waals surface area contributed by atoms with Gasteiger partial charge in [0, 0.05) is 38.3 Å². The smallest absolute Gasteiger partial charge is 0.194 e. The molecule has 3 rings (SSSR count). The van der Waals surface area contributed by atoms with Crippen molar-refractivity contribution in [1.82, 2.24) is 20.0 Å². The lowest BCUT2D eigenvalue weighted by atomic mass is 10.2. The molecule has 5 nitrogen and oxygen atoms in total. The van der Waals surface area contributed by atoms with Crippen LogP contribution in [0.3, 0.4) is 0 Å². The molecule has 2 aliphatic rings. The normalized spacial score (nSPS) is 22.6. The Balaban J connectivity index is 1.53. The summed E-state index contributed by atoms with van der Waals surface area (Å²) in [6, 6.07) is 11.8. The Hall–Kier alpha value is -1.59. The van der Waals surface area contributed by atoms with Gasteiger partial charge in [-0.15, -0.1) is 0 Å². The molecule has 1 aromatic rings. The fourth-order valence-corrected chi connectivity index (χ4v) is 4.15. The Morgan fingerprint density at radius 3 is 2.67 bits per heavy atom. The van der Waals surface area contributed by atoms with E-state index < -0.39 is 0 Å². The summed E-state index contributed by atoms with van der Waals surface area (Å²) in [6.07, 6.45) is 4.01. The summed E-state index contributed by atoms with van der Waals surface area (Å²) in [7, 11) is 2.19. The first-order valence-electron chi connectivity index (χ1n) is 10.7. The Morgan fingerprint density at radius 1 is 1.22 bits per heavy atom. The summed E-state index contributed by atoms with van der Waals surface area (Å²) in [4.78, 5) is 12.5. The molecule has 2 unspecified atom stereocenters. The maximum absolute atomic E-state index is 4.99. The van der Waals surface area contributed by atoms with Gasteiger partial charge < -0.3 is 10.2 Å². The number of benzene rings is 1. The maximum atomic E-state index is 4.99. The quantitative estimate of drug-likeness (QED) is 0.590. The highest BCUT2D eigenvalue weighted by Crippen LogP contribution is 2.20. The van der Waals surface area contributed by atoms with Gasteiger partial charge >= 0.3 is 0 Å². The van der Waals surface area contributed by atoms with Gasteiger partial charge in [-0.05, 0) is 58.8 Å². The number of likely N-dealkylation sites (N-methyl/N-ethyl adjacent to an activating group) is 1. The van der Waals surface area contributed by atoms with Gasteiger partial charge in [-0.2, -0.15) is 0 Å². The SMILES string of the molecule is CCNC(=NCC(C)N(C)Cc1ccccc1)N1CCC(N2CCCC2)C1. The first kappa shape index (κ1) is 20.2. The fourth-order valence-electron chi connectivity index (χ4n) is 4.15. The Morgan fingerprint density at radius 2 is 1.96 bits per heavy atom. The van der Waals surface area contributed by atoms with Crippen molar-refractivity contribution in [1.29, 1.82) is 0 Å². The number of guanidine groups is 1. The lowest BCUT2D eigenvalue weighted by molar-refractivity contribution is 0.247. The average molecular weight is 372 g/mol. The highest BCUT2D eigenvalue weighted by Gasteiger charge is 2.30. The minimum atomic E-state index is 0.413. The van der Waals surface area contributed by atoms with Crippen molar-refractivity contribution in [3.63, 3.8) is 0 Å². The van der Waals surface area contributed by atoms with E-state index in [1.54, 1.807) is 0 Å². The number of hydrogen-bond acceptors (Lipinski definition) is 3. The first-order valence-corrected chi connectivity index (χ1v) is 10.7. The highest BCUT2D eigenvalue weighted by molar-refractivity contribution is 5.80. The van der Waals surface area contributed by atoms with Gasteiger partial charge in [-0.25, -0.2) is 0 Å². The zero-order valence-electron chi connectivity index (χ0n) is 17.4. The van der Waals surface area contributed by atoms with E-state index in [1.807, 2.05) is 0 Å². The monoisotopic (exact) mass is 371 g/mol. The van der Waals surface area contributed by atoms with Gasteiger partial charge in [-0.1, -0.05) is 30.3 Å². The second kappa shape index (κ2) is 10.1. The van der Waals surface area contributed by atoms with E-state index in [1.165, 1.54) is 37.9 Å². The number of likely N-dealkylation sites (tertiary alicyclic amines) is 2. The van der Waals surface area contributed by atoms with Crippen LogP contribution in [0.15, 0.2) is 35.3 Å². The third-order valence-corrected chi connectivity index (χ3v) is 5.99. The minimum absolute atomic E-state index is 0.413. The number of rotatable bonds is 7. The van der Waals surface area contributed by atoms with Crippen LogP contribution in [-0.4, -0.2) is 79.1 Å². The van der Waals surface area contributed by atoms with E-state index in [0.717, 1.165) is 44.7 Å². The van der Waals surface area contributed by atoms with E-state index in [2.05, 4.69) is 71.2 Å². The van der Waals surface area contributed by atoms with E-state index in [-0.39, 0.29) is 0 Å². The molecule has 0 bridgehead atoms. The molecule has 1 aromatic carbocycles. The Labute approximate surface area is 165 Å². The maximum Gasteiger partial charge on any atom is 0.194 e. The van der Waals surface area contributed by atoms with Crippen molar-refractivity contribution in [3.05, 3.63) is 35.9 Å². The van der Waals surface area contributed by atoms with Crippen LogP contribution >= 0.6 is 0 Å². The van der Waals surface area contributed by atoms with Crippen molar-refractivity contribution in [3.8, 4) is 0 Å². The predicted octanol–water partition coefficient (Wildman–Crippen LogP) is 2.64. The molecule has 2 atom stereocenters. The molecule has 2 saturated heterocycles. The molecule has 2 fully saturated rings. The highest BCUT2D eigenvalue weighted by atomic mass is 15.3. The van der Waals surface area contributed by atoms with Crippen LogP contribution < -0.4 is 5.32 Å². The summed E-state index contributed by atoms with van der Waals surface area (Å²) in [5.74, 6) is 1.10. The summed E-state index contributed by atoms with van der Waals surface area (Å²) in [6.45, 7) is 12.0. The summed E-state index contributed by atoms with van der Waals surface area (Å²) >= 11 is 0. The molecule has 0 aliphatic carbocycles. The van der Waals surface area contributed by atoms with Gasteiger partial charge in [0.05, 0.1) is 6.54 Å². The summed E-state index contributed by atoms with van der Waals surface area (Å²) in [5.41, 5.74) is 1.36. The van der Waals surface area contributed by atoms with Crippen molar-refractivity contribution in [2.75, 3.05) is 46.3 Å². The zero-order chi connectivity index (χ0) is 19.1. The van der Waals surface area contributed by atoms with E-state index in [9.17, 15) is 0 Å². The Kier molecular flexibility index (Phi) is 7.53. The van der Waals surface area contributed by atoms with E-state index >= 15 is 0 Å². The molecular weight excluding hydrogens is 334 g/mol. The fraction of sp³-hybridized carbons (Fsp3) is 0.682. The van der Waals surface area contributed by atoms with Crippen molar-refractivity contribution in [2.24, 2.45) is 4.99 Å². The molecule has 1 N–H and O–H groups in total. The third kappa shape index (κ3) is 5.69. The molecule has 5 heteroatoms. The van der Waals surface area contributed by atoms with Gasteiger partial charge in [0.2, 0.25) is 0 Å². The molecule has 27 heavy (non-hydrogen) atoms. The zero-order valence-corrected chi connectivity index (χ0v) is 17.4. The number of aliphatic imine (C=N–C) groups is 1. The summed E-state index contributed by atoms with van der Waals surface area (Å²) < 4.78 is 0. The summed E-state index contributed by atoms with van der Waals surface area (Å²) in [5, 5.41) is 3.52. The molecule has 0 aromatic heterocycles. The van der Waals surface area contributed by atoms with Crippen LogP contribution in [0, 0.1) is 0 Å². The molecule has 0 saturated carbocycles. The van der Waals surface area contributed by atoms with Crippen molar-refractivity contribution in [2.45, 2.75) is 51.7 Å². The van der Waals surface area contributed by atoms with Crippen LogP contribution in [0.5, 0.6) is 0 Å². The molecule has 0 radical (unpaired) electrons. The van der Waals surface area contributed by atoms with Crippen molar-refractivity contribution < 1.29 is 0 Å². The molecule has 0 amide bonds. The number of nitrogens with one attached hydrogen (secondary N) is 1. The average Bonchev–Trinajstić information content (AvgIpc) is 3.37. The largest absolute Gasteiger partial charge is 0.357 e. The van der Waals surface area contributed by atoms with Crippen LogP contribution in [-0.2, 0) is 6.54 Å². The Bertz CT molecular complexity index is 582. The van der Waals surface area contributed by atoms with Crippen LogP contribution in [0.4, 0.5) is 0 Å².